The standard InChI is InChI=1S/C26H26N4O3S/c1-18(2)21-7-4-8-22(14-21)24-16-28-25(26(29-24)33-17-20-6-5-13-27-15-20)30-34(31,32)23-11-9-19(3)10-12-23/h4-16,18H,17H2,1-3H3,(H,28,30). The maximum absolute atomic E-state index is 13.0. The largest absolute Gasteiger partial charge is 0.470 e. The van der Waals surface area contributed by atoms with E-state index in [2.05, 4.69) is 45.7 Å². The molecule has 0 unspecified atom stereocenters. The van der Waals surface area contributed by atoms with Crippen molar-refractivity contribution in [1.82, 2.24) is 15.0 Å². The van der Waals surface area contributed by atoms with Crippen LogP contribution in [0.4, 0.5) is 5.82 Å². The van der Waals surface area contributed by atoms with Gasteiger partial charge in [-0.15, -0.1) is 0 Å². The smallest absolute Gasteiger partial charge is 0.263 e. The van der Waals surface area contributed by atoms with Crippen molar-refractivity contribution in [3.05, 3.63) is 95.9 Å². The van der Waals surface area contributed by atoms with Crippen LogP contribution in [0.3, 0.4) is 0 Å². The van der Waals surface area contributed by atoms with Crippen molar-refractivity contribution < 1.29 is 13.2 Å². The first-order valence-corrected chi connectivity index (χ1v) is 12.4. The summed E-state index contributed by atoms with van der Waals surface area (Å²) in [4.78, 5) is 13.2. The second kappa shape index (κ2) is 10.0. The molecule has 0 aliphatic rings. The number of aromatic nitrogens is 3. The first kappa shape index (κ1) is 23.4. The van der Waals surface area contributed by atoms with E-state index in [1.165, 1.54) is 5.56 Å². The van der Waals surface area contributed by atoms with Crippen molar-refractivity contribution >= 4 is 15.8 Å². The van der Waals surface area contributed by atoms with Crippen LogP contribution in [0.15, 0.2) is 84.1 Å². The van der Waals surface area contributed by atoms with E-state index in [1.54, 1.807) is 48.9 Å². The van der Waals surface area contributed by atoms with E-state index < -0.39 is 10.0 Å². The van der Waals surface area contributed by atoms with Crippen LogP contribution >= 0.6 is 0 Å². The summed E-state index contributed by atoms with van der Waals surface area (Å²) in [6, 6.07) is 18.3. The quantitative estimate of drug-likeness (QED) is 0.370. The molecule has 34 heavy (non-hydrogen) atoms. The number of pyridine rings is 1. The lowest BCUT2D eigenvalue weighted by molar-refractivity contribution is 0.294. The minimum atomic E-state index is -3.88. The molecule has 0 fully saturated rings. The Balaban J connectivity index is 1.70. The fourth-order valence-electron chi connectivity index (χ4n) is 3.28. The third-order valence-electron chi connectivity index (χ3n) is 5.25. The SMILES string of the molecule is Cc1ccc(S(=O)(=O)Nc2ncc(-c3cccc(C(C)C)c3)nc2OCc2cccnc2)cc1. The molecule has 0 bridgehead atoms. The van der Waals surface area contributed by atoms with Gasteiger partial charge in [0.25, 0.3) is 15.9 Å². The molecule has 0 aliphatic carbocycles. The van der Waals surface area contributed by atoms with Crippen molar-refractivity contribution in [2.45, 2.75) is 38.2 Å². The average molecular weight is 475 g/mol. The number of aryl methyl sites for hydroxylation is 1. The summed E-state index contributed by atoms with van der Waals surface area (Å²) in [5.41, 5.74) is 4.41. The number of rotatable bonds is 8. The molecule has 1 N–H and O–H groups in total. The molecule has 174 valence electrons. The maximum atomic E-state index is 13.0. The highest BCUT2D eigenvalue weighted by Gasteiger charge is 2.20. The summed E-state index contributed by atoms with van der Waals surface area (Å²) in [5.74, 6) is 0.468. The van der Waals surface area contributed by atoms with Crippen LogP contribution < -0.4 is 9.46 Å². The molecule has 2 aromatic carbocycles. The van der Waals surface area contributed by atoms with E-state index in [9.17, 15) is 8.42 Å². The summed E-state index contributed by atoms with van der Waals surface area (Å²) in [6.07, 6.45) is 4.90. The summed E-state index contributed by atoms with van der Waals surface area (Å²) in [5, 5.41) is 0. The van der Waals surface area contributed by atoms with E-state index in [0.29, 0.717) is 11.6 Å². The zero-order chi connectivity index (χ0) is 24.1. The lowest BCUT2D eigenvalue weighted by Crippen LogP contribution is -2.15. The lowest BCUT2D eigenvalue weighted by atomic mass is 10.00. The van der Waals surface area contributed by atoms with E-state index in [4.69, 9.17) is 4.74 Å². The van der Waals surface area contributed by atoms with Gasteiger partial charge in [0.2, 0.25) is 5.82 Å². The van der Waals surface area contributed by atoms with E-state index in [0.717, 1.165) is 16.7 Å². The minimum absolute atomic E-state index is 0.0215. The number of sulfonamides is 1. The van der Waals surface area contributed by atoms with Crippen LogP contribution in [-0.2, 0) is 16.6 Å². The van der Waals surface area contributed by atoms with Crippen molar-refractivity contribution in [2.24, 2.45) is 0 Å². The third-order valence-corrected chi connectivity index (χ3v) is 6.61. The van der Waals surface area contributed by atoms with Gasteiger partial charge in [0, 0.05) is 23.5 Å². The normalized spacial score (nSPS) is 11.4. The number of nitrogens with zero attached hydrogens (tertiary/aromatic N) is 3. The fourth-order valence-corrected chi connectivity index (χ4v) is 4.28. The Labute approximate surface area is 200 Å². The first-order valence-electron chi connectivity index (χ1n) is 10.9. The molecule has 0 saturated heterocycles. The van der Waals surface area contributed by atoms with Crippen LogP contribution in [0.2, 0.25) is 0 Å². The second-order valence-electron chi connectivity index (χ2n) is 8.26. The molecule has 4 aromatic rings. The molecule has 2 aromatic heterocycles. The second-order valence-corrected chi connectivity index (χ2v) is 9.94. The monoisotopic (exact) mass is 474 g/mol. The van der Waals surface area contributed by atoms with Crippen LogP contribution in [0.25, 0.3) is 11.3 Å². The molecule has 0 saturated carbocycles. The highest BCUT2D eigenvalue weighted by atomic mass is 32.2. The topological polar surface area (TPSA) is 94.1 Å². The summed E-state index contributed by atoms with van der Waals surface area (Å²) >= 11 is 0. The maximum Gasteiger partial charge on any atom is 0.263 e. The molecule has 0 atom stereocenters. The Morgan fingerprint density at radius 2 is 1.79 bits per heavy atom. The van der Waals surface area contributed by atoms with Gasteiger partial charge in [-0.1, -0.05) is 55.8 Å². The van der Waals surface area contributed by atoms with Gasteiger partial charge in [-0.25, -0.2) is 18.4 Å². The lowest BCUT2D eigenvalue weighted by Gasteiger charge is -2.14. The van der Waals surface area contributed by atoms with Crippen LogP contribution in [0, 0.1) is 6.92 Å². The number of hydrogen-bond acceptors (Lipinski definition) is 6. The molecular weight excluding hydrogens is 448 g/mol. The molecule has 4 rings (SSSR count). The zero-order valence-electron chi connectivity index (χ0n) is 19.3. The molecule has 7 nitrogen and oxygen atoms in total. The van der Waals surface area contributed by atoms with Crippen molar-refractivity contribution in [3.63, 3.8) is 0 Å². The van der Waals surface area contributed by atoms with Crippen molar-refractivity contribution in [2.75, 3.05) is 4.72 Å². The van der Waals surface area contributed by atoms with Crippen LogP contribution in [-0.4, -0.2) is 23.4 Å². The highest BCUT2D eigenvalue weighted by molar-refractivity contribution is 7.92. The Hall–Kier alpha value is -3.78. The van der Waals surface area contributed by atoms with Gasteiger partial charge in [-0.3, -0.25) is 9.71 Å². The highest BCUT2D eigenvalue weighted by Crippen LogP contribution is 2.29. The Morgan fingerprint density at radius 1 is 1.00 bits per heavy atom. The van der Waals surface area contributed by atoms with Gasteiger partial charge in [0.1, 0.15) is 6.61 Å². The third kappa shape index (κ3) is 5.58. The number of benzene rings is 2. The summed E-state index contributed by atoms with van der Waals surface area (Å²) in [7, 11) is -3.88. The Bertz CT molecular complexity index is 1370. The van der Waals surface area contributed by atoms with Gasteiger partial charge >= 0.3 is 0 Å². The van der Waals surface area contributed by atoms with Gasteiger partial charge in [-0.2, -0.15) is 0 Å². The molecule has 0 spiro atoms. The molecule has 0 amide bonds. The van der Waals surface area contributed by atoms with Gasteiger partial charge < -0.3 is 4.74 Å². The van der Waals surface area contributed by atoms with E-state index in [-0.39, 0.29) is 23.2 Å². The fraction of sp³-hybridized carbons (Fsp3) is 0.192. The summed E-state index contributed by atoms with van der Waals surface area (Å²) < 4.78 is 34.4. The Morgan fingerprint density at radius 3 is 2.50 bits per heavy atom. The molecule has 8 heteroatoms. The number of ether oxygens (including phenoxy) is 1. The van der Waals surface area contributed by atoms with E-state index >= 15 is 0 Å². The van der Waals surface area contributed by atoms with Crippen molar-refractivity contribution in [1.29, 1.82) is 0 Å². The predicted molar refractivity (Wildman–Crippen MR) is 132 cm³/mol. The number of anilines is 1. The zero-order valence-corrected chi connectivity index (χ0v) is 20.1. The van der Waals surface area contributed by atoms with Gasteiger partial charge in [-0.05, 0) is 42.7 Å². The number of nitrogens with one attached hydrogen (secondary N) is 1. The molecular formula is C26H26N4O3S. The minimum Gasteiger partial charge on any atom is -0.470 e. The average Bonchev–Trinajstić information content (AvgIpc) is 2.84. The van der Waals surface area contributed by atoms with Gasteiger partial charge in [0.05, 0.1) is 16.8 Å². The Kier molecular flexibility index (Phi) is 6.88. The molecule has 2 heterocycles. The molecule has 0 aliphatic heterocycles. The van der Waals surface area contributed by atoms with Crippen LogP contribution in [0.5, 0.6) is 5.88 Å². The predicted octanol–water partition coefficient (Wildman–Crippen LogP) is 5.35. The van der Waals surface area contributed by atoms with E-state index in [1.807, 2.05) is 25.1 Å². The van der Waals surface area contributed by atoms with Crippen molar-refractivity contribution in [3.8, 4) is 17.1 Å². The van der Waals surface area contributed by atoms with Gasteiger partial charge in [0.15, 0.2) is 0 Å². The summed E-state index contributed by atoms with van der Waals surface area (Å²) in [6.45, 7) is 6.30. The first-order chi connectivity index (χ1) is 16.3. The van der Waals surface area contributed by atoms with Crippen LogP contribution in [0.1, 0.15) is 36.5 Å². The molecule has 0 radical (unpaired) electrons. The number of hydrogen-bond donors (Lipinski definition) is 1.